The maximum Gasteiger partial charge on any atom is 0.106 e. The van der Waals surface area contributed by atoms with Gasteiger partial charge in [-0.15, -0.1) is 0 Å². The van der Waals surface area contributed by atoms with Gasteiger partial charge >= 0.3 is 0 Å². The van der Waals surface area contributed by atoms with Crippen LogP contribution in [-0.2, 0) is 0 Å². The fourth-order valence-corrected chi connectivity index (χ4v) is 2.71. The first-order valence-corrected chi connectivity index (χ1v) is 7.06. The van der Waals surface area contributed by atoms with Gasteiger partial charge in [-0.3, -0.25) is 0 Å². The average Bonchev–Trinajstić information content (AvgIpc) is 2.84. The highest BCUT2D eigenvalue weighted by Crippen LogP contribution is 2.18. The van der Waals surface area contributed by atoms with Crippen molar-refractivity contribution < 1.29 is 0 Å². The summed E-state index contributed by atoms with van der Waals surface area (Å²) in [7, 11) is 6.21. The Kier molecular flexibility index (Phi) is 6.07. The SMILES string of the molecule is CCC(C#N)(CCCN1CCC(N(C)C)C1)NC. The highest BCUT2D eigenvalue weighted by molar-refractivity contribution is 5.05. The largest absolute Gasteiger partial charge is 0.305 e. The Morgan fingerprint density at radius 2 is 2.22 bits per heavy atom. The van der Waals surface area contributed by atoms with Crippen LogP contribution in [0.1, 0.15) is 32.6 Å². The Labute approximate surface area is 112 Å². The van der Waals surface area contributed by atoms with Crippen LogP contribution in [0, 0.1) is 11.3 Å². The molecule has 0 bridgehead atoms. The molecule has 2 atom stereocenters. The molecule has 1 N–H and O–H groups in total. The second-order valence-electron chi connectivity index (χ2n) is 5.61. The van der Waals surface area contributed by atoms with E-state index in [2.05, 4.69) is 42.2 Å². The minimum Gasteiger partial charge on any atom is -0.305 e. The van der Waals surface area contributed by atoms with Gasteiger partial charge in [0.15, 0.2) is 0 Å². The van der Waals surface area contributed by atoms with Crippen molar-refractivity contribution in [3.63, 3.8) is 0 Å². The van der Waals surface area contributed by atoms with Crippen LogP contribution in [0.2, 0.25) is 0 Å². The number of likely N-dealkylation sites (tertiary alicyclic amines) is 1. The lowest BCUT2D eigenvalue weighted by Gasteiger charge is -2.26. The predicted octanol–water partition coefficient (Wildman–Crippen LogP) is 1.29. The number of nitrogens with zero attached hydrogens (tertiary/aromatic N) is 3. The summed E-state index contributed by atoms with van der Waals surface area (Å²) in [6.45, 7) is 5.58. The lowest BCUT2D eigenvalue weighted by atomic mass is 9.92. The number of nitriles is 1. The molecule has 0 radical (unpaired) electrons. The highest BCUT2D eigenvalue weighted by Gasteiger charge is 2.27. The van der Waals surface area contributed by atoms with Gasteiger partial charge in [0.25, 0.3) is 0 Å². The van der Waals surface area contributed by atoms with E-state index in [0.717, 1.165) is 25.8 Å². The summed E-state index contributed by atoms with van der Waals surface area (Å²) in [5.41, 5.74) is -0.319. The standard InChI is InChI=1S/C14H28N4/c1-5-14(12-15,16-2)8-6-9-18-10-7-13(11-18)17(3)4/h13,16H,5-11H2,1-4H3. The molecule has 1 aliphatic heterocycles. The fourth-order valence-electron chi connectivity index (χ4n) is 2.71. The Balaban J connectivity index is 2.29. The summed E-state index contributed by atoms with van der Waals surface area (Å²) in [6, 6.07) is 3.14. The zero-order chi connectivity index (χ0) is 13.6. The van der Waals surface area contributed by atoms with E-state index >= 15 is 0 Å². The van der Waals surface area contributed by atoms with Crippen LogP contribution >= 0.6 is 0 Å². The number of likely N-dealkylation sites (N-methyl/N-ethyl adjacent to an activating group) is 1. The molecule has 1 saturated heterocycles. The number of rotatable bonds is 7. The van der Waals surface area contributed by atoms with E-state index in [9.17, 15) is 5.26 Å². The molecule has 0 aliphatic carbocycles. The van der Waals surface area contributed by atoms with Gasteiger partial charge in [-0.1, -0.05) is 6.92 Å². The van der Waals surface area contributed by atoms with Gasteiger partial charge < -0.3 is 15.1 Å². The fraction of sp³-hybridized carbons (Fsp3) is 0.929. The minimum atomic E-state index is -0.319. The van der Waals surface area contributed by atoms with Crippen molar-refractivity contribution in [2.75, 3.05) is 40.8 Å². The third-order valence-electron chi connectivity index (χ3n) is 4.35. The first-order valence-electron chi connectivity index (χ1n) is 7.06. The molecule has 0 saturated carbocycles. The van der Waals surface area contributed by atoms with Crippen LogP contribution in [-0.4, -0.2) is 62.2 Å². The highest BCUT2D eigenvalue weighted by atomic mass is 15.2. The maximum absolute atomic E-state index is 9.25. The zero-order valence-corrected chi connectivity index (χ0v) is 12.4. The van der Waals surface area contributed by atoms with Crippen LogP contribution in [0.15, 0.2) is 0 Å². The smallest absolute Gasteiger partial charge is 0.106 e. The van der Waals surface area contributed by atoms with Gasteiger partial charge in [0.1, 0.15) is 5.54 Å². The van der Waals surface area contributed by atoms with E-state index in [1.165, 1.54) is 19.5 Å². The number of hydrogen-bond donors (Lipinski definition) is 1. The van der Waals surface area contributed by atoms with Crippen molar-refractivity contribution in [3.8, 4) is 6.07 Å². The Hall–Kier alpha value is -0.630. The van der Waals surface area contributed by atoms with E-state index in [0.29, 0.717) is 6.04 Å². The first kappa shape index (κ1) is 15.4. The Morgan fingerprint density at radius 1 is 1.50 bits per heavy atom. The van der Waals surface area contributed by atoms with Crippen LogP contribution < -0.4 is 5.32 Å². The van der Waals surface area contributed by atoms with Gasteiger partial charge in [-0.05, 0) is 59.9 Å². The number of hydrogen-bond acceptors (Lipinski definition) is 4. The van der Waals surface area contributed by atoms with Crippen molar-refractivity contribution in [1.82, 2.24) is 15.1 Å². The zero-order valence-electron chi connectivity index (χ0n) is 12.4. The van der Waals surface area contributed by atoms with Crippen molar-refractivity contribution in [2.24, 2.45) is 0 Å². The molecular formula is C14H28N4. The van der Waals surface area contributed by atoms with E-state index < -0.39 is 0 Å². The van der Waals surface area contributed by atoms with Crippen LogP contribution in [0.25, 0.3) is 0 Å². The molecule has 2 unspecified atom stereocenters. The molecule has 4 heteroatoms. The van der Waals surface area contributed by atoms with E-state index in [4.69, 9.17) is 0 Å². The van der Waals surface area contributed by atoms with E-state index in [1.807, 2.05) is 7.05 Å². The molecule has 0 aromatic carbocycles. The van der Waals surface area contributed by atoms with Crippen molar-refractivity contribution in [2.45, 2.75) is 44.2 Å². The summed E-state index contributed by atoms with van der Waals surface area (Å²) in [6.07, 6.45) is 4.19. The third-order valence-corrected chi connectivity index (χ3v) is 4.35. The van der Waals surface area contributed by atoms with Crippen molar-refractivity contribution in [3.05, 3.63) is 0 Å². The third kappa shape index (κ3) is 3.94. The monoisotopic (exact) mass is 252 g/mol. The molecule has 4 nitrogen and oxygen atoms in total. The quantitative estimate of drug-likeness (QED) is 0.741. The topological polar surface area (TPSA) is 42.3 Å². The van der Waals surface area contributed by atoms with Crippen LogP contribution in [0.5, 0.6) is 0 Å². The molecule has 0 aromatic heterocycles. The van der Waals surface area contributed by atoms with Gasteiger partial charge in [0.2, 0.25) is 0 Å². The molecule has 1 fully saturated rings. The molecule has 18 heavy (non-hydrogen) atoms. The van der Waals surface area contributed by atoms with Crippen LogP contribution in [0.4, 0.5) is 0 Å². The minimum absolute atomic E-state index is 0.319. The number of nitrogens with one attached hydrogen (secondary N) is 1. The molecule has 104 valence electrons. The summed E-state index contributed by atoms with van der Waals surface area (Å²) in [5, 5.41) is 12.4. The normalized spacial score (nSPS) is 24.1. The first-order chi connectivity index (χ1) is 8.56. The molecule has 0 spiro atoms. The predicted molar refractivity (Wildman–Crippen MR) is 75.5 cm³/mol. The summed E-state index contributed by atoms with van der Waals surface area (Å²) in [5.74, 6) is 0. The van der Waals surface area contributed by atoms with Crippen LogP contribution in [0.3, 0.4) is 0 Å². The molecular weight excluding hydrogens is 224 g/mol. The lowest BCUT2D eigenvalue weighted by Crippen LogP contribution is -2.41. The summed E-state index contributed by atoms with van der Waals surface area (Å²) < 4.78 is 0. The van der Waals surface area contributed by atoms with Crippen molar-refractivity contribution >= 4 is 0 Å². The molecule has 1 rings (SSSR count). The molecule has 0 amide bonds. The van der Waals surface area contributed by atoms with Gasteiger partial charge in [-0.25, -0.2) is 0 Å². The van der Waals surface area contributed by atoms with E-state index in [-0.39, 0.29) is 5.54 Å². The summed E-state index contributed by atoms with van der Waals surface area (Å²) >= 11 is 0. The lowest BCUT2D eigenvalue weighted by molar-refractivity contribution is 0.258. The molecule has 0 aromatic rings. The van der Waals surface area contributed by atoms with Gasteiger partial charge in [-0.2, -0.15) is 5.26 Å². The second kappa shape index (κ2) is 7.08. The molecule has 1 heterocycles. The Morgan fingerprint density at radius 3 is 2.67 bits per heavy atom. The van der Waals surface area contributed by atoms with Crippen molar-refractivity contribution in [1.29, 1.82) is 5.26 Å². The summed E-state index contributed by atoms with van der Waals surface area (Å²) in [4.78, 5) is 4.84. The molecule has 1 aliphatic rings. The average molecular weight is 252 g/mol. The van der Waals surface area contributed by atoms with E-state index in [1.54, 1.807) is 0 Å². The van der Waals surface area contributed by atoms with Gasteiger partial charge in [0.05, 0.1) is 6.07 Å². The van der Waals surface area contributed by atoms with Gasteiger partial charge in [0, 0.05) is 12.6 Å². The Bertz CT molecular complexity index is 278. The second-order valence-corrected chi connectivity index (χ2v) is 5.61. The maximum atomic E-state index is 9.25.